The second kappa shape index (κ2) is 9.90. The van der Waals surface area contributed by atoms with Crippen molar-refractivity contribution in [3.05, 3.63) is 25.1 Å². The van der Waals surface area contributed by atoms with Gasteiger partial charge in [0.15, 0.2) is 10.1 Å². The summed E-state index contributed by atoms with van der Waals surface area (Å²) in [5.41, 5.74) is 0. The maximum absolute atomic E-state index is 13.4. The van der Waals surface area contributed by atoms with Crippen molar-refractivity contribution in [1.82, 2.24) is 0 Å². The van der Waals surface area contributed by atoms with Crippen LogP contribution >= 0.6 is 0 Å². The summed E-state index contributed by atoms with van der Waals surface area (Å²) >= 11 is 0. The summed E-state index contributed by atoms with van der Waals surface area (Å²) in [6.45, 7) is 2.70. The van der Waals surface area contributed by atoms with E-state index in [1.54, 1.807) is 0 Å². The van der Waals surface area contributed by atoms with Crippen LogP contribution in [0.3, 0.4) is 0 Å². The van der Waals surface area contributed by atoms with Gasteiger partial charge < -0.3 is 18.8 Å². The Labute approximate surface area is 169 Å². The van der Waals surface area contributed by atoms with Crippen LogP contribution in [0.15, 0.2) is 25.1 Å². The lowest BCUT2D eigenvalue weighted by atomic mass is 10.2. The van der Waals surface area contributed by atoms with Gasteiger partial charge >= 0.3 is 35.1 Å². The Hall–Kier alpha value is -2.27. The minimum atomic E-state index is -6.86. The maximum Gasteiger partial charge on any atom is 0.468 e. The average molecular weight is 493 g/mol. The number of rotatable bonds is 12. The summed E-state index contributed by atoms with van der Waals surface area (Å²) in [6.07, 6.45) is -9.01. The highest BCUT2D eigenvalue weighted by atomic mass is 32.2. The number of carbonyl (C=O) groups excluding carboxylic acids is 2. The zero-order valence-electron chi connectivity index (χ0n) is 15.0. The van der Waals surface area contributed by atoms with Crippen LogP contribution in [0.1, 0.15) is 12.8 Å². The fourth-order valence-corrected chi connectivity index (χ4v) is 2.11. The van der Waals surface area contributed by atoms with Gasteiger partial charge in [-0.15, -0.1) is 0 Å². The molecular weight excluding hydrogens is 480 g/mol. The molecule has 0 amide bonds. The molecule has 0 N–H and O–H groups in total. The zero-order valence-corrected chi connectivity index (χ0v) is 15.8. The molecule has 0 saturated carbocycles. The van der Waals surface area contributed by atoms with Gasteiger partial charge in [0.2, 0.25) is 5.83 Å². The Balaban J connectivity index is 5.74. The summed E-state index contributed by atoms with van der Waals surface area (Å²) in [5.74, 6) is -17.4. The number of alkyl halides is 7. The van der Waals surface area contributed by atoms with E-state index < -0.39 is 77.1 Å². The smallest absolute Gasteiger partial charge is 0.468 e. The molecule has 0 aromatic rings. The van der Waals surface area contributed by atoms with Crippen LogP contribution in [0.2, 0.25) is 0 Å². The fourth-order valence-electron chi connectivity index (χ4n) is 1.64. The van der Waals surface area contributed by atoms with Gasteiger partial charge in [0.1, 0.15) is 6.61 Å². The molecule has 0 aromatic carbocycles. The van der Waals surface area contributed by atoms with Crippen LogP contribution in [0.4, 0.5) is 35.1 Å². The largest absolute Gasteiger partial charge is 0.743 e. The van der Waals surface area contributed by atoms with E-state index in [4.69, 9.17) is 0 Å². The van der Waals surface area contributed by atoms with Gasteiger partial charge in [0.05, 0.1) is 6.61 Å². The topological polar surface area (TPSA) is 119 Å². The molecule has 0 radical (unpaired) electrons. The first-order valence-corrected chi connectivity index (χ1v) is 8.95. The summed E-state index contributed by atoms with van der Waals surface area (Å²) in [7, 11) is -6.86. The third kappa shape index (κ3) is 6.60. The average Bonchev–Trinajstić information content (AvgIpc) is 2.59. The molecule has 0 aromatic heterocycles. The number of carbonyl (C=O) groups is 2. The van der Waals surface area contributed by atoms with Gasteiger partial charge in [0, 0.05) is 6.42 Å². The maximum atomic E-state index is 13.4. The van der Waals surface area contributed by atoms with Crippen molar-refractivity contribution in [2.75, 3.05) is 13.2 Å². The zero-order chi connectivity index (χ0) is 24.9. The molecule has 1 atom stereocenters. The number of esters is 2. The van der Waals surface area contributed by atoms with Crippen molar-refractivity contribution < 1.29 is 71.9 Å². The number of halogens is 8. The third-order valence-corrected chi connectivity index (χ3v) is 4.04. The molecule has 0 aliphatic carbocycles. The second-order valence-electron chi connectivity index (χ2n) is 5.42. The first kappa shape index (κ1) is 28.7. The molecule has 0 spiro atoms. The highest BCUT2D eigenvalue weighted by molar-refractivity contribution is 7.86. The van der Waals surface area contributed by atoms with E-state index in [2.05, 4.69) is 27.4 Å². The molecule has 0 saturated heterocycles. The van der Waals surface area contributed by atoms with Crippen LogP contribution in [-0.4, -0.2) is 61.3 Å². The van der Waals surface area contributed by atoms with Crippen molar-refractivity contribution >= 4 is 22.1 Å². The minimum absolute atomic E-state index is 0.751. The minimum Gasteiger partial charge on any atom is -0.743 e. The molecule has 0 aliphatic rings. The fraction of sp³-hybridized carbons (Fsp3) is 0.571. The summed E-state index contributed by atoms with van der Waals surface area (Å²) in [5, 5.41) is -6.12. The Morgan fingerprint density at radius 2 is 1.58 bits per heavy atom. The highest BCUT2D eigenvalue weighted by Gasteiger charge is 2.68. The highest BCUT2D eigenvalue weighted by Crippen LogP contribution is 2.42. The van der Waals surface area contributed by atoms with Gasteiger partial charge in [-0.05, 0) is 6.42 Å². The van der Waals surface area contributed by atoms with E-state index in [0.717, 1.165) is 6.08 Å². The SMILES string of the molecule is C=CCOC(=O)C(OCCCC(F)(F)C(F)(F)S(=O)(=O)[O-])(OC(=O)C(=C)F)C(F)(F)F. The standard InChI is InChI=1S/C14H14F8O8S/c1-3-6-28-10(24)12(13(18,19)20,30-9(23)8(2)15)29-7-4-5-11(16,17)14(21,22)31(25,26)27/h3H,1-2,4-7H2,(H,25,26,27)/p-1. The Morgan fingerprint density at radius 1 is 1.06 bits per heavy atom. The Kier molecular flexibility index (Phi) is 9.18. The van der Waals surface area contributed by atoms with Crippen molar-refractivity contribution in [2.45, 2.75) is 36.0 Å². The number of hydrogen-bond acceptors (Lipinski definition) is 8. The summed E-state index contributed by atoms with van der Waals surface area (Å²) < 4.78 is 148. The van der Waals surface area contributed by atoms with E-state index in [9.17, 15) is 57.7 Å². The van der Waals surface area contributed by atoms with Gasteiger partial charge in [0.25, 0.3) is 0 Å². The van der Waals surface area contributed by atoms with Crippen LogP contribution < -0.4 is 0 Å². The molecule has 0 bridgehead atoms. The van der Waals surface area contributed by atoms with Crippen LogP contribution in [-0.2, 0) is 33.9 Å². The predicted octanol–water partition coefficient (Wildman–Crippen LogP) is 2.57. The molecule has 0 rings (SSSR count). The normalized spacial score (nSPS) is 15.0. The first-order valence-electron chi connectivity index (χ1n) is 7.54. The van der Waals surface area contributed by atoms with E-state index in [-0.39, 0.29) is 0 Å². The van der Waals surface area contributed by atoms with Crippen LogP contribution in [0.5, 0.6) is 0 Å². The van der Waals surface area contributed by atoms with Gasteiger partial charge in [-0.3, -0.25) is 0 Å². The van der Waals surface area contributed by atoms with Crippen molar-refractivity contribution in [3.63, 3.8) is 0 Å². The van der Waals surface area contributed by atoms with Crippen molar-refractivity contribution in [3.8, 4) is 0 Å². The molecule has 8 nitrogen and oxygen atoms in total. The third-order valence-electron chi connectivity index (χ3n) is 3.11. The van der Waals surface area contributed by atoms with E-state index in [1.165, 1.54) is 0 Å². The molecule has 0 fully saturated rings. The van der Waals surface area contributed by atoms with Gasteiger partial charge in [-0.2, -0.15) is 35.1 Å². The molecule has 1 unspecified atom stereocenters. The number of ether oxygens (including phenoxy) is 3. The lowest BCUT2D eigenvalue weighted by Crippen LogP contribution is -2.58. The van der Waals surface area contributed by atoms with E-state index in [1.807, 2.05) is 0 Å². The van der Waals surface area contributed by atoms with Gasteiger partial charge in [-0.1, -0.05) is 19.2 Å². The molecule has 180 valence electrons. The van der Waals surface area contributed by atoms with E-state index >= 15 is 0 Å². The molecule has 17 heteroatoms. The Bertz CT molecular complexity index is 808. The second-order valence-corrected chi connectivity index (χ2v) is 6.84. The first-order chi connectivity index (χ1) is 13.8. The lowest BCUT2D eigenvalue weighted by Gasteiger charge is -2.32. The van der Waals surface area contributed by atoms with Crippen molar-refractivity contribution in [1.29, 1.82) is 0 Å². The van der Waals surface area contributed by atoms with Crippen LogP contribution in [0.25, 0.3) is 0 Å². The number of hydrogen-bond donors (Lipinski definition) is 0. The quantitative estimate of drug-likeness (QED) is 0.0774. The van der Waals surface area contributed by atoms with Gasteiger partial charge in [-0.25, -0.2) is 18.0 Å². The monoisotopic (exact) mass is 493 g/mol. The molecular formula is C14H13F8O8S-. The summed E-state index contributed by atoms with van der Waals surface area (Å²) in [6, 6.07) is 0. The molecule has 0 heterocycles. The summed E-state index contributed by atoms with van der Waals surface area (Å²) in [4.78, 5) is 23.0. The molecule has 31 heavy (non-hydrogen) atoms. The lowest BCUT2D eigenvalue weighted by molar-refractivity contribution is -0.355. The predicted molar refractivity (Wildman–Crippen MR) is 81.1 cm³/mol. The van der Waals surface area contributed by atoms with Crippen LogP contribution in [0, 0.1) is 0 Å². The molecule has 0 aliphatic heterocycles. The van der Waals surface area contributed by atoms with E-state index in [0.29, 0.717) is 0 Å². The Morgan fingerprint density at radius 3 is 1.97 bits per heavy atom. The van der Waals surface area contributed by atoms with Crippen molar-refractivity contribution in [2.24, 2.45) is 0 Å².